The summed E-state index contributed by atoms with van der Waals surface area (Å²) in [5.41, 5.74) is 22.8. The molecule has 0 atom stereocenters. The summed E-state index contributed by atoms with van der Waals surface area (Å²) < 4.78 is 4.80. The second-order valence-corrected chi connectivity index (χ2v) is 19.7. The molecule has 0 unspecified atom stereocenters. The maximum Gasteiger partial charge on any atom is 0.0541 e. The number of rotatable bonds is 8. The van der Waals surface area contributed by atoms with Gasteiger partial charge >= 0.3 is 0 Å². The predicted molar refractivity (Wildman–Crippen MR) is 304 cm³/mol. The number of hydrogen-bond donors (Lipinski definition) is 0. The van der Waals surface area contributed by atoms with Crippen molar-refractivity contribution in [2.45, 2.75) is 19.3 Å². The van der Waals surface area contributed by atoms with E-state index in [2.05, 4.69) is 289 Å². The van der Waals surface area contributed by atoms with Gasteiger partial charge in [0.25, 0.3) is 0 Å². The van der Waals surface area contributed by atoms with Crippen LogP contribution in [0.25, 0.3) is 99.5 Å². The standard InChI is InChI=1S/C69H49N3/c1-69(2)63-44-51(50-30-42-68-62(43-50)61-21-11-14-24-67(61)72(68)55-37-35-54(36-38-55)71-65-22-12-9-19-59(65)60-20-10-13-23-66(60)71)29-40-57(63)58-41-39-56(45-64(58)69)70(52-31-25-48(26-32-52)46-15-5-3-6-16-46)53-33-27-49(28-34-53)47-17-7-4-8-18-47/h3-45H,1-2H3. The molecular weight excluding hydrogens is 871 g/mol. The third-order valence-corrected chi connectivity index (χ3v) is 15.3. The predicted octanol–water partition coefficient (Wildman–Crippen LogP) is 18.7. The van der Waals surface area contributed by atoms with Crippen LogP contribution in [-0.2, 0) is 5.41 Å². The van der Waals surface area contributed by atoms with Gasteiger partial charge in [0.05, 0.1) is 22.1 Å². The Morgan fingerprint density at radius 1 is 0.278 bits per heavy atom. The van der Waals surface area contributed by atoms with Crippen LogP contribution >= 0.6 is 0 Å². The highest BCUT2D eigenvalue weighted by Crippen LogP contribution is 2.52. The Morgan fingerprint density at radius 2 is 0.639 bits per heavy atom. The first-order valence-electron chi connectivity index (χ1n) is 25.0. The average molecular weight is 920 g/mol. The maximum atomic E-state index is 2.45. The van der Waals surface area contributed by atoms with Gasteiger partial charge in [0, 0.05) is 55.4 Å². The Kier molecular flexibility index (Phi) is 9.56. The van der Waals surface area contributed by atoms with Crippen molar-refractivity contribution in [3.8, 4) is 55.9 Å². The molecule has 0 amide bonds. The summed E-state index contributed by atoms with van der Waals surface area (Å²) in [5.74, 6) is 0. The minimum absolute atomic E-state index is 0.234. The third-order valence-electron chi connectivity index (χ3n) is 15.3. The molecule has 0 radical (unpaired) electrons. The number of para-hydroxylation sites is 3. The van der Waals surface area contributed by atoms with Crippen LogP contribution < -0.4 is 4.90 Å². The topological polar surface area (TPSA) is 13.1 Å². The summed E-state index contributed by atoms with van der Waals surface area (Å²) in [6.45, 7) is 4.78. The second kappa shape index (κ2) is 16.5. The molecule has 0 N–H and O–H groups in total. The average Bonchev–Trinajstić information content (AvgIpc) is 4.04. The molecule has 1 aliphatic rings. The largest absolute Gasteiger partial charge is 0.310 e. The van der Waals surface area contributed by atoms with Crippen LogP contribution in [0.15, 0.2) is 261 Å². The Bertz CT molecular complexity index is 4060. The molecule has 3 heteroatoms. The number of nitrogens with zero attached hydrogens (tertiary/aromatic N) is 3. The van der Waals surface area contributed by atoms with Crippen molar-refractivity contribution >= 4 is 60.7 Å². The molecule has 3 nitrogen and oxygen atoms in total. The van der Waals surface area contributed by atoms with Gasteiger partial charge in [-0.3, -0.25) is 0 Å². The third kappa shape index (κ3) is 6.66. The molecule has 72 heavy (non-hydrogen) atoms. The van der Waals surface area contributed by atoms with E-state index >= 15 is 0 Å². The number of fused-ring (bicyclic) bond motifs is 9. The summed E-state index contributed by atoms with van der Waals surface area (Å²) in [7, 11) is 0. The van der Waals surface area contributed by atoms with Crippen molar-refractivity contribution in [2.24, 2.45) is 0 Å². The van der Waals surface area contributed by atoms with Gasteiger partial charge in [0.2, 0.25) is 0 Å². The molecule has 0 saturated carbocycles. The summed E-state index contributed by atoms with van der Waals surface area (Å²) >= 11 is 0. The van der Waals surface area contributed by atoms with Crippen LogP contribution in [0, 0.1) is 0 Å². The monoisotopic (exact) mass is 919 g/mol. The first-order valence-corrected chi connectivity index (χ1v) is 25.0. The first kappa shape index (κ1) is 41.8. The van der Waals surface area contributed by atoms with Gasteiger partial charge in [-0.05, 0) is 153 Å². The van der Waals surface area contributed by atoms with E-state index in [4.69, 9.17) is 0 Å². The number of aromatic nitrogens is 2. The van der Waals surface area contributed by atoms with Crippen LogP contribution in [-0.4, -0.2) is 9.13 Å². The SMILES string of the molecule is CC1(C)c2cc(-c3ccc4c(c3)c3ccccc3n4-c3ccc(-n4c5ccccc5c5ccccc54)cc3)ccc2-c2ccc(N(c3ccc(-c4ccccc4)cc3)c3ccc(-c4ccccc4)cc3)cc21. The van der Waals surface area contributed by atoms with E-state index in [-0.39, 0.29) is 5.41 Å². The van der Waals surface area contributed by atoms with E-state index in [1.165, 1.54) is 99.2 Å². The fourth-order valence-corrected chi connectivity index (χ4v) is 11.7. The summed E-state index contributed by atoms with van der Waals surface area (Å²) in [4.78, 5) is 2.40. The van der Waals surface area contributed by atoms with E-state index in [1.807, 2.05) is 0 Å². The lowest BCUT2D eigenvalue weighted by Gasteiger charge is -2.28. The van der Waals surface area contributed by atoms with Gasteiger partial charge in [0.15, 0.2) is 0 Å². The molecule has 0 saturated heterocycles. The molecule has 1 aliphatic carbocycles. The fraction of sp³-hybridized carbons (Fsp3) is 0.0435. The van der Waals surface area contributed by atoms with Gasteiger partial charge in [-0.1, -0.05) is 178 Å². The van der Waals surface area contributed by atoms with Gasteiger partial charge in [-0.15, -0.1) is 0 Å². The molecule has 11 aromatic carbocycles. The molecule has 2 heterocycles. The zero-order chi connectivity index (χ0) is 47.9. The Balaban J connectivity index is 0.816. The zero-order valence-electron chi connectivity index (χ0n) is 40.2. The van der Waals surface area contributed by atoms with Gasteiger partial charge in [0.1, 0.15) is 0 Å². The molecule has 340 valence electrons. The van der Waals surface area contributed by atoms with Crippen molar-refractivity contribution in [3.63, 3.8) is 0 Å². The van der Waals surface area contributed by atoms with Crippen LogP contribution in [0.2, 0.25) is 0 Å². The quantitative estimate of drug-likeness (QED) is 0.148. The number of anilines is 3. The summed E-state index contributed by atoms with van der Waals surface area (Å²) in [6.07, 6.45) is 0. The number of hydrogen-bond acceptors (Lipinski definition) is 1. The van der Waals surface area contributed by atoms with E-state index in [0.717, 1.165) is 28.4 Å². The van der Waals surface area contributed by atoms with Crippen molar-refractivity contribution in [1.29, 1.82) is 0 Å². The van der Waals surface area contributed by atoms with Gasteiger partial charge in [-0.25, -0.2) is 0 Å². The lowest BCUT2D eigenvalue weighted by atomic mass is 9.81. The number of benzene rings is 11. The molecule has 0 bridgehead atoms. The smallest absolute Gasteiger partial charge is 0.0541 e. The summed E-state index contributed by atoms with van der Waals surface area (Å²) in [6, 6.07) is 95.8. The molecule has 13 aromatic rings. The van der Waals surface area contributed by atoms with Crippen LogP contribution in [0.4, 0.5) is 17.1 Å². The highest BCUT2D eigenvalue weighted by molar-refractivity contribution is 6.11. The van der Waals surface area contributed by atoms with E-state index in [0.29, 0.717) is 0 Å². The minimum atomic E-state index is -0.234. The normalized spacial score (nSPS) is 12.7. The fourth-order valence-electron chi connectivity index (χ4n) is 11.7. The first-order chi connectivity index (χ1) is 35.5. The van der Waals surface area contributed by atoms with Gasteiger partial charge in [-0.2, -0.15) is 0 Å². The van der Waals surface area contributed by atoms with Gasteiger partial charge < -0.3 is 14.0 Å². The van der Waals surface area contributed by atoms with E-state index in [9.17, 15) is 0 Å². The lowest BCUT2D eigenvalue weighted by Crippen LogP contribution is -2.16. The van der Waals surface area contributed by atoms with Crippen molar-refractivity contribution < 1.29 is 0 Å². The lowest BCUT2D eigenvalue weighted by molar-refractivity contribution is 0.660. The van der Waals surface area contributed by atoms with E-state index < -0.39 is 0 Å². The van der Waals surface area contributed by atoms with Crippen molar-refractivity contribution in [3.05, 3.63) is 272 Å². The van der Waals surface area contributed by atoms with Crippen LogP contribution in [0.5, 0.6) is 0 Å². The van der Waals surface area contributed by atoms with Crippen LogP contribution in [0.1, 0.15) is 25.0 Å². The molecule has 0 spiro atoms. The minimum Gasteiger partial charge on any atom is -0.310 e. The van der Waals surface area contributed by atoms with Crippen LogP contribution in [0.3, 0.4) is 0 Å². The molecule has 0 fully saturated rings. The van der Waals surface area contributed by atoms with Crippen molar-refractivity contribution in [1.82, 2.24) is 9.13 Å². The maximum absolute atomic E-state index is 2.45. The Morgan fingerprint density at radius 3 is 1.15 bits per heavy atom. The zero-order valence-corrected chi connectivity index (χ0v) is 40.2. The highest BCUT2D eigenvalue weighted by atomic mass is 15.1. The van der Waals surface area contributed by atoms with E-state index in [1.54, 1.807) is 0 Å². The molecule has 2 aromatic heterocycles. The highest BCUT2D eigenvalue weighted by Gasteiger charge is 2.36. The Labute approximate surface area is 419 Å². The summed E-state index contributed by atoms with van der Waals surface area (Å²) in [5, 5.41) is 5.03. The molecular formula is C69H49N3. The Hall–Kier alpha value is -9.18. The molecule has 0 aliphatic heterocycles. The second-order valence-electron chi connectivity index (χ2n) is 19.7. The molecule has 14 rings (SSSR count). The van der Waals surface area contributed by atoms with Crippen molar-refractivity contribution in [2.75, 3.05) is 4.90 Å².